The summed E-state index contributed by atoms with van der Waals surface area (Å²) in [6.45, 7) is 1.51. The summed E-state index contributed by atoms with van der Waals surface area (Å²) in [5.74, 6) is -0.539. The molecule has 0 radical (unpaired) electrons. The average molecular weight is 498 g/mol. The van der Waals surface area contributed by atoms with Gasteiger partial charge < -0.3 is 19.2 Å². The summed E-state index contributed by atoms with van der Waals surface area (Å²) >= 11 is 12.2. The third-order valence-corrected chi connectivity index (χ3v) is 6.98. The van der Waals surface area contributed by atoms with Crippen molar-refractivity contribution >= 4 is 41.1 Å². The zero-order valence-electron chi connectivity index (χ0n) is 18.0. The normalized spacial score (nSPS) is 19.5. The summed E-state index contributed by atoms with van der Waals surface area (Å²) < 4.78 is 6.99. The van der Waals surface area contributed by atoms with Crippen molar-refractivity contribution in [2.75, 3.05) is 13.1 Å². The van der Waals surface area contributed by atoms with Crippen LogP contribution >= 0.6 is 23.2 Å². The van der Waals surface area contributed by atoms with Crippen LogP contribution in [0.5, 0.6) is 0 Å². The fraction of sp³-hybridized carbons (Fsp3) is 0.240. The number of furan rings is 1. The second kappa shape index (κ2) is 9.16. The summed E-state index contributed by atoms with van der Waals surface area (Å²) in [4.78, 5) is 40.4. The predicted octanol–water partition coefficient (Wildman–Crippen LogP) is 4.16. The Kier molecular flexibility index (Phi) is 6.06. The highest BCUT2D eigenvalue weighted by Crippen LogP contribution is 2.35. The fourth-order valence-corrected chi connectivity index (χ4v) is 5.05. The van der Waals surface area contributed by atoms with Gasteiger partial charge in [0.25, 0.3) is 17.4 Å². The van der Waals surface area contributed by atoms with Gasteiger partial charge in [-0.1, -0.05) is 35.3 Å². The number of pyridine rings is 1. The van der Waals surface area contributed by atoms with Gasteiger partial charge in [-0.2, -0.15) is 0 Å². The van der Waals surface area contributed by atoms with Crippen molar-refractivity contribution in [2.45, 2.75) is 18.9 Å². The number of carbonyl (C=O) groups is 2. The molecule has 2 bridgehead atoms. The first-order valence-electron chi connectivity index (χ1n) is 10.9. The van der Waals surface area contributed by atoms with E-state index in [2.05, 4.69) is 5.32 Å². The van der Waals surface area contributed by atoms with Gasteiger partial charge in [-0.15, -0.1) is 0 Å². The highest BCUT2D eigenvalue weighted by molar-refractivity contribution is 6.42. The molecule has 0 spiro atoms. The second-order valence-electron chi connectivity index (χ2n) is 8.57. The Labute approximate surface area is 205 Å². The zero-order chi connectivity index (χ0) is 23.8. The number of nitrogens with one attached hydrogen (secondary N) is 1. The molecule has 0 aliphatic carbocycles. The van der Waals surface area contributed by atoms with Gasteiger partial charge in [0.2, 0.25) is 0 Å². The van der Waals surface area contributed by atoms with E-state index in [1.807, 2.05) is 10.6 Å². The highest BCUT2D eigenvalue weighted by Gasteiger charge is 2.37. The molecule has 2 aliphatic heterocycles. The van der Waals surface area contributed by atoms with E-state index in [-0.39, 0.29) is 34.8 Å². The van der Waals surface area contributed by atoms with E-state index in [1.165, 1.54) is 12.3 Å². The lowest BCUT2D eigenvalue weighted by molar-refractivity contribution is -0.130. The smallest absolute Gasteiger partial charge is 0.291 e. The summed E-state index contributed by atoms with van der Waals surface area (Å²) in [6.07, 6.45) is 3.89. The van der Waals surface area contributed by atoms with Gasteiger partial charge in [-0.05, 0) is 54.3 Å². The summed E-state index contributed by atoms with van der Waals surface area (Å²) in [7, 11) is 0. The quantitative estimate of drug-likeness (QED) is 0.548. The van der Waals surface area contributed by atoms with Crippen molar-refractivity contribution in [1.82, 2.24) is 14.8 Å². The van der Waals surface area contributed by atoms with Gasteiger partial charge in [0, 0.05) is 37.3 Å². The fourth-order valence-electron chi connectivity index (χ4n) is 4.74. The first kappa shape index (κ1) is 22.5. The number of rotatable bonds is 4. The largest absolute Gasteiger partial charge is 0.459 e. The van der Waals surface area contributed by atoms with Crippen molar-refractivity contribution in [3.63, 3.8) is 0 Å². The maximum Gasteiger partial charge on any atom is 0.291 e. The Bertz CT molecular complexity index is 1350. The Morgan fingerprint density at radius 3 is 2.65 bits per heavy atom. The first-order chi connectivity index (χ1) is 16.4. The van der Waals surface area contributed by atoms with E-state index < -0.39 is 5.91 Å². The third kappa shape index (κ3) is 4.41. The number of piperidine rings is 1. The van der Waals surface area contributed by atoms with E-state index >= 15 is 0 Å². The lowest BCUT2D eigenvalue weighted by Crippen LogP contribution is -2.50. The van der Waals surface area contributed by atoms with Crippen molar-refractivity contribution in [1.29, 1.82) is 0 Å². The molecule has 34 heavy (non-hydrogen) atoms. The Morgan fingerprint density at radius 1 is 1.03 bits per heavy atom. The van der Waals surface area contributed by atoms with Crippen LogP contribution in [0.2, 0.25) is 10.0 Å². The molecule has 2 aromatic heterocycles. The van der Waals surface area contributed by atoms with Crippen LogP contribution in [0, 0.1) is 5.92 Å². The highest BCUT2D eigenvalue weighted by atomic mass is 35.5. The van der Waals surface area contributed by atoms with E-state index in [1.54, 1.807) is 47.4 Å². The molecule has 174 valence electrons. The van der Waals surface area contributed by atoms with Crippen molar-refractivity contribution < 1.29 is 14.0 Å². The number of amides is 2. The number of hydrogen-bond acceptors (Lipinski definition) is 4. The summed E-state index contributed by atoms with van der Waals surface area (Å²) in [5, 5.41) is 3.43. The molecular weight excluding hydrogens is 477 g/mol. The Morgan fingerprint density at radius 2 is 1.88 bits per heavy atom. The van der Waals surface area contributed by atoms with Crippen molar-refractivity contribution in [3.8, 4) is 0 Å². The maximum atomic E-state index is 13.7. The SMILES string of the molecule is O=C(N/C(=C/c1ccc(Cl)c(Cl)c1)C(=O)N1CC2CC(C1)c1cccc(=O)n1C2)c1ccco1. The molecule has 2 amide bonds. The maximum absolute atomic E-state index is 13.7. The van der Waals surface area contributed by atoms with Gasteiger partial charge in [0.1, 0.15) is 5.70 Å². The van der Waals surface area contributed by atoms with Crippen LogP contribution in [0.4, 0.5) is 0 Å². The molecule has 3 aromatic rings. The second-order valence-corrected chi connectivity index (χ2v) is 9.39. The van der Waals surface area contributed by atoms with Crippen molar-refractivity contribution in [3.05, 3.63) is 97.9 Å². The average Bonchev–Trinajstić information content (AvgIpc) is 3.36. The lowest BCUT2D eigenvalue weighted by atomic mass is 9.83. The monoisotopic (exact) mass is 497 g/mol. The van der Waals surface area contributed by atoms with Gasteiger partial charge in [-0.3, -0.25) is 14.4 Å². The molecule has 2 aliphatic rings. The minimum Gasteiger partial charge on any atom is -0.459 e. The molecule has 9 heteroatoms. The van der Waals surface area contributed by atoms with Gasteiger partial charge in [0.15, 0.2) is 5.76 Å². The molecule has 4 heterocycles. The van der Waals surface area contributed by atoms with Crippen LogP contribution in [-0.2, 0) is 11.3 Å². The molecule has 2 atom stereocenters. The molecule has 1 saturated heterocycles. The molecule has 2 unspecified atom stereocenters. The number of hydrogen-bond donors (Lipinski definition) is 1. The van der Waals surface area contributed by atoms with E-state index in [9.17, 15) is 14.4 Å². The topological polar surface area (TPSA) is 84.5 Å². The van der Waals surface area contributed by atoms with Gasteiger partial charge in [-0.25, -0.2) is 0 Å². The number of aromatic nitrogens is 1. The van der Waals surface area contributed by atoms with Crippen LogP contribution in [0.3, 0.4) is 0 Å². The number of fused-ring (bicyclic) bond motifs is 4. The van der Waals surface area contributed by atoms with Gasteiger partial charge in [0.05, 0.1) is 16.3 Å². The summed E-state index contributed by atoms with van der Waals surface area (Å²) in [6, 6.07) is 13.4. The molecule has 1 fully saturated rings. The third-order valence-electron chi connectivity index (χ3n) is 6.25. The van der Waals surface area contributed by atoms with Crippen LogP contribution in [0.1, 0.15) is 34.2 Å². The predicted molar refractivity (Wildman–Crippen MR) is 129 cm³/mol. The zero-order valence-corrected chi connectivity index (χ0v) is 19.6. The van der Waals surface area contributed by atoms with E-state index in [0.29, 0.717) is 35.2 Å². The minimum absolute atomic E-state index is 0.0158. The number of benzene rings is 1. The van der Waals surface area contributed by atoms with Crippen molar-refractivity contribution in [2.24, 2.45) is 5.92 Å². The number of carbonyl (C=O) groups excluding carboxylic acids is 2. The van der Waals surface area contributed by atoms with Crippen LogP contribution in [0.25, 0.3) is 6.08 Å². The molecule has 1 N–H and O–H groups in total. The number of nitrogens with zero attached hydrogens (tertiary/aromatic N) is 2. The molecule has 5 rings (SSSR count). The number of halogens is 2. The molecule has 0 saturated carbocycles. The van der Waals surface area contributed by atoms with Crippen LogP contribution < -0.4 is 10.9 Å². The minimum atomic E-state index is -0.529. The van der Waals surface area contributed by atoms with E-state index in [0.717, 1.165) is 12.1 Å². The Hall–Kier alpha value is -3.29. The van der Waals surface area contributed by atoms with Crippen LogP contribution in [0.15, 0.2) is 69.7 Å². The molecule has 1 aromatic carbocycles. The Balaban J connectivity index is 1.45. The summed E-state index contributed by atoms with van der Waals surface area (Å²) in [5.41, 5.74) is 1.64. The molecule has 7 nitrogen and oxygen atoms in total. The first-order valence-corrected chi connectivity index (χ1v) is 11.7. The lowest BCUT2D eigenvalue weighted by Gasteiger charge is -2.42. The van der Waals surface area contributed by atoms with E-state index in [4.69, 9.17) is 27.6 Å². The molecular formula is C25H21Cl2N3O4. The number of likely N-dealkylation sites (tertiary alicyclic amines) is 1. The van der Waals surface area contributed by atoms with Gasteiger partial charge >= 0.3 is 0 Å². The standard InChI is InChI=1S/C25H21Cl2N3O4/c26-18-7-6-15(10-19(18)27)11-20(28-24(32)22-4-2-8-34-22)25(33)29-12-16-9-17(14-29)21-3-1-5-23(31)30(21)13-16/h1-8,10-11,16-17H,9,12-14H2,(H,28,32)/b20-11+. The van der Waals surface area contributed by atoms with Crippen LogP contribution in [-0.4, -0.2) is 34.4 Å².